The summed E-state index contributed by atoms with van der Waals surface area (Å²) in [5, 5.41) is 9.35. The molecule has 1 aliphatic rings. The zero-order valence-electron chi connectivity index (χ0n) is 8.44. The van der Waals surface area contributed by atoms with Crippen LogP contribution in [0.1, 0.15) is 6.42 Å². The number of aromatic nitrogens is 1. The second-order valence-corrected chi connectivity index (χ2v) is 4.23. The highest BCUT2D eigenvalue weighted by Gasteiger charge is 2.31. The van der Waals surface area contributed by atoms with Crippen LogP contribution in [0.15, 0.2) is 17.1 Å². The van der Waals surface area contributed by atoms with Crippen molar-refractivity contribution in [3.63, 3.8) is 0 Å². The van der Waals surface area contributed by atoms with Crippen molar-refractivity contribution in [2.45, 2.75) is 6.42 Å². The lowest BCUT2D eigenvalue weighted by molar-refractivity contribution is -0.117. The van der Waals surface area contributed by atoms with Crippen molar-refractivity contribution in [3.05, 3.63) is 27.6 Å². The Morgan fingerprint density at radius 1 is 1.56 bits per heavy atom. The molecule has 1 atom stereocenters. The van der Waals surface area contributed by atoms with E-state index >= 15 is 0 Å². The highest BCUT2D eigenvalue weighted by molar-refractivity contribution is 6.30. The third-order valence-corrected chi connectivity index (χ3v) is 2.82. The molecule has 1 aromatic rings. The minimum Gasteiger partial charge on any atom is -0.396 e. The predicted molar refractivity (Wildman–Crippen MR) is 59.6 cm³/mol. The predicted octanol–water partition coefficient (Wildman–Crippen LogP) is 0.373. The molecule has 2 N–H and O–H groups in total. The van der Waals surface area contributed by atoms with Crippen molar-refractivity contribution >= 4 is 23.2 Å². The van der Waals surface area contributed by atoms with E-state index in [2.05, 4.69) is 4.98 Å². The Balaban J connectivity index is 2.34. The molecule has 16 heavy (non-hydrogen) atoms. The van der Waals surface area contributed by atoms with Gasteiger partial charge in [-0.3, -0.25) is 9.59 Å². The van der Waals surface area contributed by atoms with Gasteiger partial charge in [-0.25, -0.2) is 0 Å². The van der Waals surface area contributed by atoms with Gasteiger partial charge in [0.25, 0.3) is 5.56 Å². The number of hydrogen-bond donors (Lipinski definition) is 2. The Bertz CT molecular complexity index is 471. The van der Waals surface area contributed by atoms with Crippen molar-refractivity contribution in [1.29, 1.82) is 0 Å². The normalized spacial score (nSPS) is 20.5. The van der Waals surface area contributed by atoms with E-state index in [0.717, 1.165) is 0 Å². The zero-order valence-corrected chi connectivity index (χ0v) is 9.20. The number of amides is 1. The Labute approximate surface area is 96.7 Å². The molecule has 5 nitrogen and oxygen atoms in total. The first-order valence-electron chi connectivity index (χ1n) is 4.91. The second kappa shape index (κ2) is 4.27. The van der Waals surface area contributed by atoms with Gasteiger partial charge < -0.3 is 15.0 Å². The van der Waals surface area contributed by atoms with Gasteiger partial charge in [-0.1, -0.05) is 11.6 Å². The van der Waals surface area contributed by atoms with E-state index in [1.807, 2.05) is 0 Å². The van der Waals surface area contributed by atoms with Crippen LogP contribution in [0, 0.1) is 5.92 Å². The molecular formula is C10H11ClN2O3. The fourth-order valence-corrected chi connectivity index (χ4v) is 1.94. The summed E-state index contributed by atoms with van der Waals surface area (Å²) in [4.78, 5) is 27.0. The maximum absolute atomic E-state index is 11.6. The molecule has 1 saturated heterocycles. The van der Waals surface area contributed by atoms with Crippen molar-refractivity contribution in [3.8, 4) is 0 Å². The molecular weight excluding hydrogens is 232 g/mol. The molecule has 86 valence electrons. The number of aromatic amines is 1. The van der Waals surface area contributed by atoms with Crippen molar-refractivity contribution in [1.82, 2.24) is 4.98 Å². The largest absolute Gasteiger partial charge is 0.396 e. The van der Waals surface area contributed by atoms with Gasteiger partial charge in [0.1, 0.15) is 5.69 Å². The van der Waals surface area contributed by atoms with Crippen molar-refractivity contribution in [2.75, 3.05) is 18.1 Å². The molecule has 1 amide bonds. The molecule has 1 aromatic heterocycles. The van der Waals surface area contributed by atoms with Gasteiger partial charge in [-0.15, -0.1) is 0 Å². The number of anilines is 1. The topological polar surface area (TPSA) is 73.4 Å². The first kappa shape index (κ1) is 11.2. The third-order valence-electron chi connectivity index (χ3n) is 2.60. The van der Waals surface area contributed by atoms with Crippen LogP contribution >= 0.6 is 11.6 Å². The molecule has 2 heterocycles. The number of aliphatic hydroxyl groups excluding tert-OH is 1. The van der Waals surface area contributed by atoms with Gasteiger partial charge >= 0.3 is 0 Å². The molecule has 1 fully saturated rings. The van der Waals surface area contributed by atoms with Crippen LogP contribution in [0.2, 0.25) is 5.02 Å². The Morgan fingerprint density at radius 2 is 2.31 bits per heavy atom. The number of pyridine rings is 1. The maximum atomic E-state index is 11.6. The lowest BCUT2D eigenvalue weighted by Crippen LogP contribution is -2.30. The number of H-pyrrole nitrogens is 1. The van der Waals surface area contributed by atoms with Crippen LogP contribution in [0.25, 0.3) is 0 Å². The number of halogens is 1. The monoisotopic (exact) mass is 242 g/mol. The molecule has 0 bridgehead atoms. The van der Waals surface area contributed by atoms with Gasteiger partial charge in [0.05, 0.1) is 5.02 Å². The molecule has 0 saturated carbocycles. The number of aliphatic hydroxyl groups is 1. The van der Waals surface area contributed by atoms with Gasteiger partial charge in [0.15, 0.2) is 0 Å². The first-order valence-corrected chi connectivity index (χ1v) is 5.29. The lowest BCUT2D eigenvalue weighted by atomic mass is 10.1. The van der Waals surface area contributed by atoms with Gasteiger partial charge in [0, 0.05) is 31.7 Å². The molecule has 1 unspecified atom stereocenters. The Morgan fingerprint density at radius 3 is 2.94 bits per heavy atom. The molecule has 2 rings (SSSR count). The quantitative estimate of drug-likeness (QED) is 0.787. The average Bonchev–Trinajstić information content (AvgIpc) is 2.63. The van der Waals surface area contributed by atoms with E-state index in [1.165, 1.54) is 17.2 Å². The van der Waals surface area contributed by atoms with E-state index < -0.39 is 0 Å². The third kappa shape index (κ3) is 1.96. The smallest absolute Gasteiger partial charge is 0.272 e. The molecule has 0 radical (unpaired) electrons. The summed E-state index contributed by atoms with van der Waals surface area (Å²) in [5.41, 5.74) is -0.107. The lowest BCUT2D eigenvalue weighted by Gasteiger charge is -2.15. The van der Waals surface area contributed by atoms with Crippen molar-refractivity contribution in [2.24, 2.45) is 5.92 Å². The summed E-state index contributed by atoms with van der Waals surface area (Å²) in [6.07, 6.45) is 1.64. The molecule has 0 aromatic carbocycles. The fraction of sp³-hybridized carbons (Fsp3) is 0.400. The summed E-state index contributed by atoms with van der Waals surface area (Å²) in [5.74, 6) is -0.266. The summed E-state index contributed by atoms with van der Waals surface area (Å²) in [6.45, 7) is 0.305. The van der Waals surface area contributed by atoms with E-state index in [0.29, 0.717) is 11.6 Å². The standard InChI is InChI=1S/C10H11ClN2O3/c11-7-2-8(10(16)12-3-7)13-4-6(5-14)1-9(13)15/h2-3,6,14H,1,4-5H2,(H,12,16). The summed E-state index contributed by atoms with van der Waals surface area (Å²) in [6, 6.07) is 1.46. The number of carbonyl (C=O) groups excluding carboxylic acids is 1. The average molecular weight is 243 g/mol. The van der Waals surface area contributed by atoms with E-state index in [1.54, 1.807) is 0 Å². The molecule has 6 heteroatoms. The van der Waals surface area contributed by atoms with Gasteiger partial charge in [-0.05, 0) is 6.07 Å². The maximum Gasteiger partial charge on any atom is 0.272 e. The number of nitrogens with one attached hydrogen (secondary N) is 1. The van der Waals surface area contributed by atoms with Crippen LogP contribution in [-0.4, -0.2) is 29.1 Å². The number of rotatable bonds is 2. The van der Waals surface area contributed by atoms with Gasteiger partial charge in [0.2, 0.25) is 5.91 Å². The zero-order chi connectivity index (χ0) is 11.7. The van der Waals surface area contributed by atoms with Gasteiger partial charge in [-0.2, -0.15) is 0 Å². The number of hydrogen-bond acceptors (Lipinski definition) is 3. The van der Waals surface area contributed by atoms with Crippen LogP contribution in [0.5, 0.6) is 0 Å². The van der Waals surface area contributed by atoms with E-state index in [9.17, 15) is 9.59 Å². The van der Waals surface area contributed by atoms with Crippen LogP contribution in [0.4, 0.5) is 5.69 Å². The Hall–Kier alpha value is -1.33. The molecule has 0 aliphatic carbocycles. The van der Waals surface area contributed by atoms with Crippen molar-refractivity contribution < 1.29 is 9.90 Å². The summed E-state index contributed by atoms with van der Waals surface area (Å²) < 4.78 is 0. The van der Waals surface area contributed by atoms with Crippen LogP contribution < -0.4 is 10.5 Å². The minimum absolute atomic E-state index is 0.0549. The molecule has 0 spiro atoms. The summed E-state index contributed by atoms with van der Waals surface area (Å²) in [7, 11) is 0. The number of nitrogens with zero attached hydrogens (tertiary/aromatic N) is 1. The minimum atomic E-state index is -0.351. The fourth-order valence-electron chi connectivity index (χ4n) is 1.78. The van der Waals surface area contributed by atoms with E-state index in [4.69, 9.17) is 16.7 Å². The second-order valence-electron chi connectivity index (χ2n) is 3.79. The highest BCUT2D eigenvalue weighted by atomic mass is 35.5. The SMILES string of the molecule is O=C1CC(CO)CN1c1cc(Cl)c[nH]c1=O. The van der Waals surface area contributed by atoms with E-state index in [-0.39, 0.29) is 36.1 Å². The van der Waals surface area contributed by atoms with Crippen LogP contribution in [0.3, 0.4) is 0 Å². The van der Waals surface area contributed by atoms with Crippen LogP contribution in [-0.2, 0) is 4.79 Å². The summed E-state index contributed by atoms with van der Waals surface area (Å²) >= 11 is 5.76. The first-order chi connectivity index (χ1) is 7.61. The Kier molecular flexibility index (Phi) is 2.98. The highest BCUT2D eigenvalue weighted by Crippen LogP contribution is 2.23. The molecule has 1 aliphatic heterocycles. The number of carbonyl (C=O) groups is 1.